The van der Waals surface area contributed by atoms with Crippen molar-refractivity contribution in [3.8, 4) is 0 Å². The van der Waals surface area contributed by atoms with Gasteiger partial charge in [-0.1, -0.05) is 53.7 Å². The molecule has 2 fully saturated rings. The van der Waals surface area contributed by atoms with Crippen LogP contribution in [0.15, 0.2) is 45.3 Å². The van der Waals surface area contributed by atoms with Crippen LogP contribution in [0.5, 0.6) is 0 Å². The molecule has 4 aliphatic rings. The van der Waals surface area contributed by atoms with Gasteiger partial charge < -0.3 is 0 Å². The van der Waals surface area contributed by atoms with Crippen LogP contribution in [-0.2, 0) is 0 Å². The Morgan fingerprint density at radius 3 is 2.67 bits per heavy atom. The predicted octanol–water partition coefficient (Wildman–Crippen LogP) is 6.03. The van der Waals surface area contributed by atoms with Crippen molar-refractivity contribution in [2.24, 2.45) is 5.92 Å². The first-order chi connectivity index (χ1) is 10.2. The molecular formula is C20H28Si. The van der Waals surface area contributed by atoms with Gasteiger partial charge in [0.1, 0.15) is 8.07 Å². The second-order valence-corrected chi connectivity index (χ2v) is 12.3. The van der Waals surface area contributed by atoms with E-state index in [-0.39, 0.29) is 0 Å². The zero-order chi connectivity index (χ0) is 14.4. The first-order valence-corrected chi connectivity index (χ1v) is 12.0. The fraction of sp³-hybridized carbons (Fsp3) is 0.600. The number of rotatable bonds is 2. The SMILES string of the molecule is C[Si](C)(C1=CC=C2CCCCC21)C1=C2CCCCC2=CC1. The van der Waals surface area contributed by atoms with Gasteiger partial charge in [-0.3, -0.25) is 0 Å². The maximum atomic E-state index is 2.64. The van der Waals surface area contributed by atoms with E-state index in [1.807, 2.05) is 16.0 Å². The summed E-state index contributed by atoms with van der Waals surface area (Å²) in [6.07, 6.45) is 20.1. The Hall–Kier alpha value is -0.823. The van der Waals surface area contributed by atoms with Crippen molar-refractivity contribution >= 4 is 8.07 Å². The molecule has 0 heterocycles. The quantitative estimate of drug-likeness (QED) is 0.546. The Labute approximate surface area is 130 Å². The van der Waals surface area contributed by atoms with Crippen LogP contribution in [0, 0.1) is 5.92 Å². The van der Waals surface area contributed by atoms with Crippen LogP contribution in [0.2, 0.25) is 13.1 Å². The average molecular weight is 297 g/mol. The molecule has 0 nitrogen and oxygen atoms in total. The average Bonchev–Trinajstić information content (AvgIpc) is 3.12. The van der Waals surface area contributed by atoms with Crippen LogP contribution in [0.4, 0.5) is 0 Å². The smallest absolute Gasteiger partial charge is 0.0773 e. The summed E-state index contributed by atoms with van der Waals surface area (Å²) in [6.45, 7) is 5.27. The minimum absolute atomic E-state index is 0.834. The lowest BCUT2D eigenvalue weighted by Gasteiger charge is -2.35. The summed E-state index contributed by atoms with van der Waals surface area (Å²) in [4.78, 5) is 0. The Morgan fingerprint density at radius 1 is 0.952 bits per heavy atom. The second-order valence-electron chi connectivity index (χ2n) is 7.88. The summed E-state index contributed by atoms with van der Waals surface area (Å²) in [7, 11) is -1.42. The molecule has 112 valence electrons. The van der Waals surface area contributed by atoms with Crippen LogP contribution in [0.25, 0.3) is 0 Å². The van der Waals surface area contributed by atoms with E-state index in [1.165, 1.54) is 57.8 Å². The molecule has 0 bridgehead atoms. The van der Waals surface area contributed by atoms with Gasteiger partial charge in [-0.15, -0.1) is 0 Å². The third kappa shape index (κ3) is 2.16. The van der Waals surface area contributed by atoms with Crippen molar-refractivity contribution in [3.05, 3.63) is 45.3 Å². The minimum Gasteiger partial charge on any atom is -0.0773 e. The van der Waals surface area contributed by atoms with Gasteiger partial charge in [-0.05, 0) is 68.4 Å². The molecule has 21 heavy (non-hydrogen) atoms. The van der Waals surface area contributed by atoms with Gasteiger partial charge in [0.25, 0.3) is 0 Å². The Bertz CT molecular complexity index is 583. The number of allylic oxidation sites excluding steroid dienone is 8. The molecule has 0 radical (unpaired) electrons. The lowest BCUT2D eigenvalue weighted by atomic mass is 9.86. The van der Waals surface area contributed by atoms with E-state index >= 15 is 0 Å². The number of fused-ring (bicyclic) bond motifs is 2. The summed E-state index contributed by atoms with van der Waals surface area (Å²) in [5, 5.41) is 3.75. The van der Waals surface area contributed by atoms with E-state index in [0.717, 1.165) is 5.92 Å². The Balaban J connectivity index is 1.66. The zero-order valence-electron chi connectivity index (χ0n) is 13.7. The highest BCUT2D eigenvalue weighted by Crippen LogP contribution is 2.48. The van der Waals surface area contributed by atoms with Crippen molar-refractivity contribution in [3.63, 3.8) is 0 Å². The normalized spacial score (nSPS) is 28.9. The molecule has 0 amide bonds. The molecule has 1 unspecified atom stereocenters. The fourth-order valence-electron chi connectivity index (χ4n) is 5.20. The largest absolute Gasteiger partial charge is 0.104 e. The maximum absolute atomic E-state index is 2.64. The summed E-state index contributed by atoms with van der Waals surface area (Å²) in [6, 6.07) is 0. The van der Waals surface area contributed by atoms with Gasteiger partial charge in [-0.25, -0.2) is 0 Å². The van der Waals surface area contributed by atoms with Crippen molar-refractivity contribution in [1.82, 2.24) is 0 Å². The van der Waals surface area contributed by atoms with Crippen LogP contribution in [-0.4, -0.2) is 8.07 Å². The summed E-state index contributed by atoms with van der Waals surface area (Å²) in [5.41, 5.74) is 5.30. The van der Waals surface area contributed by atoms with Gasteiger partial charge >= 0.3 is 0 Å². The third-order valence-corrected chi connectivity index (χ3v) is 10.4. The minimum atomic E-state index is -1.42. The van der Waals surface area contributed by atoms with Crippen LogP contribution in [0.3, 0.4) is 0 Å². The van der Waals surface area contributed by atoms with Crippen LogP contribution >= 0.6 is 0 Å². The third-order valence-electron chi connectivity index (χ3n) is 6.41. The topological polar surface area (TPSA) is 0 Å². The summed E-state index contributed by atoms with van der Waals surface area (Å²) < 4.78 is 0. The second kappa shape index (κ2) is 5.12. The van der Waals surface area contributed by atoms with E-state index < -0.39 is 8.07 Å². The predicted molar refractivity (Wildman–Crippen MR) is 93.8 cm³/mol. The standard InChI is InChI=1S/C20H28Si/c1-21(2,19-13-11-15-7-3-5-9-17(15)19)20-14-12-16-8-4-6-10-18(16)20/h11-13,17H,3-10,14H2,1-2H3. The highest BCUT2D eigenvalue weighted by Gasteiger charge is 2.40. The van der Waals surface area contributed by atoms with E-state index in [2.05, 4.69) is 31.3 Å². The molecule has 0 N–H and O–H groups in total. The molecule has 1 heteroatoms. The molecule has 2 saturated carbocycles. The first-order valence-electron chi connectivity index (χ1n) is 9.01. The van der Waals surface area contributed by atoms with Crippen molar-refractivity contribution in [1.29, 1.82) is 0 Å². The van der Waals surface area contributed by atoms with Gasteiger partial charge in [0.05, 0.1) is 0 Å². The maximum Gasteiger partial charge on any atom is 0.104 e. The van der Waals surface area contributed by atoms with E-state index in [9.17, 15) is 0 Å². The van der Waals surface area contributed by atoms with Gasteiger partial charge in [0.15, 0.2) is 0 Å². The van der Waals surface area contributed by atoms with Gasteiger partial charge in [-0.2, -0.15) is 0 Å². The number of hydrogen-bond acceptors (Lipinski definition) is 0. The van der Waals surface area contributed by atoms with E-state index in [1.54, 1.807) is 11.1 Å². The molecule has 1 atom stereocenters. The first kappa shape index (κ1) is 13.8. The molecule has 0 aromatic heterocycles. The highest BCUT2D eigenvalue weighted by molar-refractivity contribution is 6.91. The molecule has 0 aromatic carbocycles. The molecule has 0 aromatic rings. The monoisotopic (exact) mass is 296 g/mol. The highest BCUT2D eigenvalue weighted by atomic mass is 28.3. The van der Waals surface area contributed by atoms with E-state index in [0.29, 0.717) is 0 Å². The lowest BCUT2D eigenvalue weighted by Crippen LogP contribution is -2.36. The van der Waals surface area contributed by atoms with Crippen LogP contribution < -0.4 is 0 Å². The summed E-state index contributed by atoms with van der Waals surface area (Å²) >= 11 is 0. The Morgan fingerprint density at radius 2 is 1.76 bits per heavy atom. The van der Waals surface area contributed by atoms with Crippen molar-refractivity contribution < 1.29 is 0 Å². The molecule has 4 rings (SSSR count). The van der Waals surface area contributed by atoms with Gasteiger partial charge in [0, 0.05) is 0 Å². The summed E-state index contributed by atoms with van der Waals surface area (Å²) in [5.74, 6) is 0.834. The molecular weight excluding hydrogens is 268 g/mol. The lowest BCUT2D eigenvalue weighted by molar-refractivity contribution is 0.518. The van der Waals surface area contributed by atoms with Crippen molar-refractivity contribution in [2.45, 2.75) is 70.9 Å². The fourth-order valence-corrected chi connectivity index (χ4v) is 8.90. The van der Waals surface area contributed by atoms with Gasteiger partial charge in [0.2, 0.25) is 0 Å². The molecule has 4 aliphatic carbocycles. The van der Waals surface area contributed by atoms with E-state index in [4.69, 9.17) is 0 Å². The van der Waals surface area contributed by atoms with Crippen molar-refractivity contribution in [2.75, 3.05) is 0 Å². The van der Waals surface area contributed by atoms with Crippen LogP contribution in [0.1, 0.15) is 57.8 Å². The zero-order valence-corrected chi connectivity index (χ0v) is 14.7. The molecule has 0 aliphatic heterocycles. The number of hydrogen-bond donors (Lipinski definition) is 0. The molecule has 0 spiro atoms. The molecule has 0 saturated heterocycles. The Kier molecular flexibility index (Phi) is 3.37.